The molecule has 0 saturated heterocycles. The lowest BCUT2D eigenvalue weighted by molar-refractivity contribution is -0.130. The summed E-state index contributed by atoms with van der Waals surface area (Å²) >= 11 is 1.55. The second kappa shape index (κ2) is 5.35. The lowest BCUT2D eigenvalue weighted by Gasteiger charge is -1.99. The summed E-state index contributed by atoms with van der Waals surface area (Å²) in [6.07, 6.45) is 3.58. The zero-order valence-electron chi connectivity index (χ0n) is 10.8. The number of ether oxygens (including phenoxy) is 2. The van der Waals surface area contributed by atoms with Gasteiger partial charge < -0.3 is 9.47 Å². The third-order valence-electron chi connectivity index (χ3n) is 2.93. The van der Waals surface area contributed by atoms with Crippen molar-refractivity contribution in [1.82, 2.24) is 0 Å². The van der Waals surface area contributed by atoms with Crippen LogP contribution in [0.3, 0.4) is 0 Å². The van der Waals surface area contributed by atoms with Gasteiger partial charge in [-0.3, -0.25) is 0 Å². The van der Waals surface area contributed by atoms with Crippen molar-refractivity contribution >= 4 is 29.1 Å². The Morgan fingerprint density at radius 2 is 2.00 bits per heavy atom. The Morgan fingerprint density at radius 1 is 1.20 bits per heavy atom. The van der Waals surface area contributed by atoms with E-state index in [0.717, 1.165) is 16.2 Å². The largest absolute Gasteiger partial charge is 0.497 e. The molecule has 0 fully saturated rings. The summed E-state index contributed by atoms with van der Waals surface area (Å²) in [6.45, 7) is 0. The number of carbonyl (C=O) groups is 1. The van der Waals surface area contributed by atoms with E-state index in [1.165, 1.54) is 0 Å². The fourth-order valence-corrected chi connectivity index (χ4v) is 2.59. The van der Waals surface area contributed by atoms with Crippen LogP contribution in [-0.4, -0.2) is 13.1 Å². The Kier molecular flexibility index (Phi) is 3.39. The van der Waals surface area contributed by atoms with Crippen molar-refractivity contribution in [2.75, 3.05) is 7.11 Å². The van der Waals surface area contributed by atoms with Crippen molar-refractivity contribution < 1.29 is 14.3 Å². The van der Waals surface area contributed by atoms with Gasteiger partial charge in [0.1, 0.15) is 11.5 Å². The third-order valence-corrected chi connectivity index (χ3v) is 3.81. The average molecular weight is 284 g/mol. The molecule has 0 atom stereocenters. The minimum atomic E-state index is -0.316. The van der Waals surface area contributed by atoms with E-state index in [2.05, 4.69) is 0 Å². The molecule has 20 heavy (non-hydrogen) atoms. The molecule has 3 rings (SSSR count). The molecule has 4 heteroatoms. The molecule has 0 saturated carbocycles. The van der Waals surface area contributed by atoms with Crippen LogP contribution < -0.4 is 4.74 Å². The molecule has 0 amide bonds. The molecule has 1 aliphatic heterocycles. The highest BCUT2D eigenvalue weighted by Gasteiger charge is 2.22. The molecule has 1 aromatic carbocycles. The van der Waals surface area contributed by atoms with Crippen molar-refractivity contribution in [3.63, 3.8) is 0 Å². The smallest absolute Gasteiger partial charge is 0.343 e. The minimum absolute atomic E-state index is 0.316. The summed E-state index contributed by atoms with van der Waals surface area (Å²) in [5.41, 5.74) is 1.49. The summed E-state index contributed by atoms with van der Waals surface area (Å²) < 4.78 is 10.4. The van der Waals surface area contributed by atoms with Crippen LogP contribution in [0.4, 0.5) is 0 Å². The van der Waals surface area contributed by atoms with Gasteiger partial charge in [-0.25, -0.2) is 4.79 Å². The first-order valence-electron chi connectivity index (χ1n) is 6.10. The van der Waals surface area contributed by atoms with Crippen LogP contribution in [0.2, 0.25) is 0 Å². The van der Waals surface area contributed by atoms with Gasteiger partial charge in [-0.05, 0) is 41.3 Å². The lowest BCUT2D eigenvalue weighted by Crippen LogP contribution is -1.96. The summed E-state index contributed by atoms with van der Waals surface area (Å²) in [5, 5.41) is 1.95. The number of cyclic esters (lactones) is 1. The number of esters is 1. The van der Waals surface area contributed by atoms with Gasteiger partial charge in [0, 0.05) is 0 Å². The average Bonchev–Trinajstić information content (AvgIpc) is 3.10. The lowest BCUT2D eigenvalue weighted by atomic mass is 10.1. The fourth-order valence-electron chi connectivity index (χ4n) is 1.91. The predicted molar refractivity (Wildman–Crippen MR) is 79.4 cm³/mol. The molecule has 0 unspecified atom stereocenters. The first-order valence-corrected chi connectivity index (χ1v) is 6.98. The summed E-state index contributed by atoms with van der Waals surface area (Å²) in [5.74, 6) is 1.09. The van der Waals surface area contributed by atoms with Gasteiger partial charge in [-0.1, -0.05) is 18.2 Å². The van der Waals surface area contributed by atoms with Gasteiger partial charge in [-0.2, -0.15) is 0 Å². The van der Waals surface area contributed by atoms with Gasteiger partial charge >= 0.3 is 5.97 Å². The van der Waals surface area contributed by atoms with Gasteiger partial charge in [0.05, 0.1) is 17.6 Å². The molecule has 0 bridgehead atoms. The second-order valence-corrected chi connectivity index (χ2v) is 5.20. The van der Waals surface area contributed by atoms with E-state index < -0.39 is 0 Å². The molecule has 100 valence electrons. The van der Waals surface area contributed by atoms with Crippen LogP contribution in [0, 0.1) is 0 Å². The van der Waals surface area contributed by atoms with E-state index in [0.29, 0.717) is 11.3 Å². The van der Waals surface area contributed by atoms with Crippen LogP contribution in [-0.2, 0) is 9.53 Å². The quantitative estimate of drug-likeness (QED) is 0.636. The molecule has 2 aromatic rings. The topological polar surface area (TPSA) is 35.5 Å². The third kappa shape index (κ3) is 2.51. The molecule has 1 aromatic heterocycles. The Labute approximate surface area is 120 Å². The van der Waals surface area contributed by atoms with E-state index in [9.17, 15) is 4.79 Å². The number of hydrogen-bond acceptors (Lipinski definition) is 4. The predicted octanol–water partition coefficient (Wildman–Crippen LogP) is 3.74. The Hall–Kier alpha value is -2.33. The van der Waals surface area contributed by atoms with Crippen LogP contribution in [0.25, 0.3) is 11.8 Å². The van der Waals surface area contributed by atoms with Crippen LogP contribution >= 0.6 is 11.3 Å². The number of methoxy groups -OCH3 is 1. The van der Waals surface area contributed by atoms with Crippen LogP contribution in [0.15, 0.2) is 53.4 Å². The zero-order valence-corrected chi connectivity index (χ0v) is 11.6. The van der Waals surface area contributed by atoms with Gasteiger partial charge in [0.2, 0.25) is 0 Å². The molecular formula is C16H12O3S. The van der Waals surface area contributed by atoms with E-state index >= 15 is 0 Å². The van der Waals surface area contributed by atoms with Crippen molar-refractivity contribution in [2.24, 2.45) is 0 Å². The number of carbonyl (C=O) groups excluding carboxylic acids is 1. The highest BCUT2D eigenvalue weighted by atomic mass is 32.1. The van der Waals surface area contributed by atoms with E-state index in [1.54, 1.807) is 24.5 Å². The maximum atomic E-state index is 11.8. The van der Waals surface area contributed by atoms with Crippen LogP contribution in [0.1, 0.15) is 10.4 Å². The van der Waals surface area contributed by atoms with Crippen molar-refractivity contribution in [2.45, 2.75) is 0 Å². The van der Waals surface area contributed by atoms with E-state index in [1.807, 2.05) is 47.9 Å². The van der Waals surface area contributed by atoms with E-state index in [4.69, 9.17) is 9.47 Å². The van der Waals surface area contributed by atoms with Gasteiger partial charge in [-0.15, -0.1) is 11.3 Å². The van der Waals surface area contributed by atoms with Crippen LogP contribution in [0.5, 0.6) is 5.75 Å². The number of hydrogen-bond donors (Lipinski definition) is 0. The SMILES string of the molecule is COc1ccc(C=C2C=C(c3cccs3)OC2=O)cc1. The molecule has 0 spiro atoms. The number of benzene rings is 1. The molecule has 0 N–H and O–H groups in total. The standard InChI is InChI=1S/C16H12O3S/c1-18-13-6-4-11(5-7-13)9-12-10-14(19-16(12)17)15-3-2-8-20-15/h2-10H,1H3. The van der Waals surface area contributed by atoms with Crippen molar-refractivity contribution in [3.05, 3.63) is 63.9 Å². The van der Waals surface area contributed by atoms with E-state index in [-0.39, 0.29) is 5.97 Å². The maximum Gasteiger partial charge on any atom is 0.343 e. The summed E-state index contributed by atoms with van der Waals surface area (Å²) in [6, 6.07) is 11.4. The Morgan fingerprint density at radius 3 is 2.65 bits per heavy atom. The summed E-state index contributed by atoms with van der Waals surface area (Å²) in [7, 11) is 1.62. The first kappa shape index (κ1) is 12.7. The zero-order chi connectivity index (χ0) is 13.9. The molecule has 1 aliphatic rings. The normalized spacial score (nSPS) is 16.1. The van der Waals surface area contributed by atoms with Crippen molar-refractivity contribution in [1.29, 1.82) is 0 Å². The van der Waals surface area contributed by atoms with Crippen molar-refractivity contribution in [3.8, 4) is 5.75 Å². The molecule has 0 aliphatic carbocycles. The highest BCUT2D eigenvalue weighted by molar-refractivity contribution is 7.11. The Bertz CT molecular complexity index is 679. The van der Waals surface area contributed by atoms with Gasteiger partial charge in [0.25, 0.3) is 0 Å². The van der Waals surface area contributed by atoms with Gasteiger partial charge in [0.15, 0.2) is 0 Å². The monoisotopic (exact) mass is 284 g/mol. The maximum absolute atomic E-state index is 11.8. The highest BCUT2D eigenvalue weighted by Crippen LogP contribution is 2.30. The summed E-state index contributed by atoms with van der Waals surface area (Å²) in [4.78, 5) is 12.8. The number of thiophene rings is 1. The molecule has 0 radical (unpaired) electrons. The second-order valence-electron chi connectivity index (χ2n) is 4.25. The molecular weight excluding hydrogens is 272 g/mol. The number of rotatable bonds is 3. The minimum Gasteiger partial charge on any atom is -0.497 e. The molecule has 3 nitrogen and oxygen atoms in total. The Balaban J connectivity index is 1.88. The fraction of sp³-hybridized carbons (Fsp3) is 0.0625. The molecule has 2 heterocycles. The first-order chi connectivity index (χ1) is 9.76.